The van der Waals surface area contributed by atoms with E-state index in [0.717, 1.165) is 37.2 Å². The van der Waals surface area contributed by atoms with Crippen LogP contribution in [0.3, 0.4) is 0 Å². The molecule has 3 unspecified atom stereocenters. The van der Waals surface area contributed by atoms with E-state index < -0.39 is 0 Å². The van der Waals surface area contributed by atoms with Gasteiger partial charge in [0.1, 0.15) is 0 Å². The van der Waals surface area contributed by atoms with Crippen molar-refractivity contribution >= 4 is 0 Å². The molecule has 1 aromatic rings. The lowest BCUT2D eigenvalue weighted by molar-refractivity contribution is 0.0135. The summed E-state index contributed by atoms with van der Waals surface area (Å²) in [5.41, 5.74) is 2.14. The summed E-state index contributed by atoms with van der Waals surface area (Å²) < 4.78 is 0. The third-order valence-electron chi connectivity index (χ3n) is 3.97. The first-order valence-electron chi connectivity index (χ1n) is 6.87. The molecular weight excluding hydrogens is 224 g/mol. The van der Waals surface area contributed by atoms with Gasteiger partial charge in [-0.05, 0) is 51.3 Å². The van der Waals surface area contributed by atoms with Crippen molar-refractivity contribution in [2.24, 2.45) is 5.92 Å². The second-order valence-electron chi connectivity index (χ2n) is 5.74. The molecule has 0 spiro atoms. The Morgan fingerprint density at radius 3 is 2.89 bits per heavy atom. The largest absolute Gasteiger partial charge is 0.391 e. The number of aromatic nitrogens is 1. The van der Waals surface area contributed by atoms with E-state index in [9.17, 15) is 5.11 Å². The van der Waals surface area contributed by atoms with Gasteiger partial charge in [0.15, 0.2) is 0 Å². The van der Waals surface area contributed by atoms with Crippen LogP contribution in [0.5, 0.6) is 0 Å². The highest BCUT2D eigenvalue weighted by atomic mass is 16.3. The molecule has 0 amide bonds. The third-order valence-corrected chi connectivity index (χ3v) is 3.97. The van der Waals surface area contributed by atoms with Gasteiger partial charge in [-0.1, -0.05) is 13.0 Å². The van der Waals surface area contributed by atoms with E-state index in [1.165, 1.54) is 0 Å². The van der Waals surface area contributed by atoms with Gasteiger partial charge in [0.2, 0.25) is 0 Å². The number of aliphatic hydroxyl groups excluding tert-OH is 1. The Bertz CT molecular complexity index is 394. The van der Waals surface area contributed by atoms with Crippen molar-refractivity contribution < 1.29 is 5.11 Å². The second-order valence-corrected chi connectivity index (χ2v) is 5.74. The van der Waals surface area contributed by atoms with Gasteiger partial charge in [0.05, 0.1) is 11.8 Å². The Labute approximate surface area is 110 Å². The lowest BCUT2D eigenvalue weighted by atomic mass is 9.84. The molecule has 0 saturated heterocycles. The van der Waals surface area contributed by atoms with Gasteiger partial charge in [0, 0.05) is 18.3 Å². The van der Waals surface area contributed by atoms with Crippen LogP contribution in [-0.2, 0) is 6.54 Å². The maximum Gasteiger partial charge on any atom is 0.0695 e. The van der Waals surface area contributed by atoms with Gasteiger partial charge in [-0.25, -0.2) is 0 Å². The van der Waals surface area contributed by atoms with Crippen LogP contribution < -0.4 is 0 Å². The SMILES string of the molecule is Cc1cccc(CN(C)C2CC(C)CCC2O)n1. The summed E-state index contributed by atoms with van der Waals surface area (Å²) in [5, 5.41) is 10.1. The molecule has 3 nitrogen and oxygen atoms in total. The lowest BCUT2D eigenvalue weighted by Gasteiger charge is -2.37. The van der Waals surface area contributed by atoms with Crippen molar-refractivity contribution in [1.82, 2.24) is 9.88 Å². The molecule has 3 atom stereocenters. The highest BCUT2D eigenvalue weighted by Crippen LogP contribution is 2.27. The Morgan fingerprint density at radius 1 is 1.39 bits per heavy atom. The zero-order valence-electron chi connectivity index (χ0n) is 11.6. The molecule has 0 aliphatic heterocycles. The average molecular weight is 248 g/mol. The number of aryl methyl sites for hydroxylation is 1. The van der Waals surface area contributed by atoms with E-state index in [0.29, 0.717) is 5.92 Å². The molecule has 0 aromatic carbocycles. The van der Waals surface area contributed by atoms with Crippen molar-refractivity contribution in [3.63, 3.8) is 0 Å². The van der Waals surface area contributed by atoms with Gasteiger partial charge in [-0.2, -0.15) is 0 Å². The zero-order valence-corrected chi connectivity index (χ0v) is 11.6. The number of nitrogens with zero attached hydrogens (tertiary/aromatic N) is 2. The van der Waals surface area contributed by atoms with Gasteiger partial charge >= 0.3 is 0 Å². The predicted octanol–water partition coefficient (Wildman–Crippen LogP) is 2.37. The van der Waals surface area contributed by atoms with Crippen LogP contribution in [0.4, 0.5) is 0 Å². The van der Waals surface area contributed by atoms with Crippen molar-refractivity contribution in [3.05, 3.63) is 29.6 Å². The van der Waals surface area contributed by atoms with Crippen LogP contribution in [0.15, 0.2) is 18.2 Å². The maximum absolute atomic E-state index is 10.1. The van der Waals surface area contributed by atoms with E-state index in [1.807, 2.05) is 19.1 Å². The molecule has 3 heteroatoms. The van der Waals surface area contributed by atoms with Crippen molar-refractivity contribution in [2.45, 2.75) is 51.8 Å². The molecule has 1 aliphatic carbocycles. The molecule has 1 heterocycles. The molecule has 1 aromatic heterocycles. The minimum Gasteiger partial charge on any atom is -0.391 e. The monoisotopic (exact) mass is 248 g/mol. The van der Waals surface area contributed by atoms with Crippen LogP contribution in [0, 0.1) is 12.8 Å². The molecular formula is C15H24N2O. The Hall–Kier alpha value is -0.930. The quantitative estimate of drug-likeness (QED) is 0.892. The summed E-state index contributed by atoms with van der Waals surface area (Å²) in [4.78, 5) is 6.78. The number of hydrogen-bond acceptors (Lipinski definition) is 3. The molecule has 2 rings (SSSR count). The van der Waals surface area contributed by atoms with E-state index in [-0.39, 0.29) is 12.1 Å². The minimum absolute atomic E-state index is 0.184. The number of likely N-dealkylation sites (N-methyl/N-ethyl adjacent to an activating group) is 1. The summed E-state index contributed by atoms with van der Waals surface area (Å²) in [5.74, 6) is 0.714. The Kier molecular flexibility index (Phi) is 4.36. The van der Waals surface area contributed by atoms with Crippen LogP contribution in [0.25, 0.3) is 0 Å². The number of pyridine rings is 1. The molecule has 1 N–H and O–H groups in total. The fourth-order valence-electron chi connectivity index (χ4n) is 2.87. The fourth-order valence-corrected chi connectivity index (χ4v) is 2.87. The smallest absolute Gasteiger partial charge is 0.0695 e. The summed E-state index contributed by atoms with van der Waals surface area (Å²) in [6.45, 7) is 5.11. The van der Waals surface area contributed by atoms with Gasteiger partial charge in [-0.3, -0.25) is 9.88 Å². The topological polar surface area (TPSA) is 36.4 Å². The van der Waals surface area contributed by atoms with Crippen LogP contribution in [0.1, 0.15) is 37.6 Å². The number of rotatable bonds is 3. The third kappa shape index (κ3) is 3.30. The van der Waals surface area contributed by atoms with Gasteiger partial charge in [0.25, 0.3) is 0 Å². The van der Waals surface area contributed by atoms with Crippen molar-refractivity contribution in [1.29, 1.82) is 0 Å². The summed E-state index contributed by atoms with van der Waals surface area (Å²) in [7, 11) is 2.09. The zero-order chi connectivity index (χ0) is 13.1. The predicted molar refractivity (Wildman–Crippen MR) is 73.3 cm³/mol. The van der Waals surface area contributed by atoms with Crippen LogP contribution in [-0.4, -0.2) is 34.2 Å². The first-order valence-corrected chi connectivity index (χ1v) is 6.87. The van der Waals surface area contributed by atoms with E-state index >= 15 is 0 Å². The summed E-state index contributed by atoms with van der Waals surface area (Å²) in [6.07, 6.45) is 2.98. The molecule has 1 aliphatic rings. The van der Waals surface area contributed by atoms with Crippen LogP contribution >= 0.6 is 0 Å². The first-order chi connectivity index (χ1) is 8.56. The van der Waals surface area contributed by atoms with Gasteiger partial charge < -0.3 is 5.11 Å². The van der Waals surface area contributed by atoms with Crippen molar-refractivity contribution in [3.8, 4) is 0 Å². The summed E-state index contributed by atoms with van der Waals surface area (Å²) >= 11 is 0. The maximum atomic E-state index is 10.1. The van der Waals surface area contributed by atoms with E-state index in [2.05, 4.69) is 29.9 Å². The first kappa shape index (κ1) is 13.5. The standard InChI is InChI=1S/C15H24N2O/c1-11-7-8-15(18)14(9-11)17(3)10-13-6-4-5-12(2)16-13/h4-6,11,14-15,18H,7-10H2,1-3H3. The number of hydrogen-bond donors (Lipinski definition) is 1. The van der Waals surface area contributed by atoms with Crippen LogP contribution in [0.2, 0.25) is 0 Å². The molecule has 0 bridgehead atoms. The summed E-state index contributed by atoms with van der Waals surface area (Å²) in [6, 6.07) is 6.39. The molecule has 1 fully saturated rings. The molecule has 0 radical (unpaired) electrons. The molecule has 18 heavy (non-hydrogen) atoms. The average Bonchev–Trinajstić information content (AvgIpc) is 2.32. The van der Waals surface area contributed by atoms with E-state index in [4.69, 9.17) is 0 Å². The lowest BCUT2D eigenvalue weighted by Crippen LogP contribution is -2.44. The highest BCUT2D eigenvalue weighted by Gasteiger charge is 2.30. The molecule has 100 valence electrons. The normalized spacial score (nSPS) is 28.6. The van der Waals surface area contributed by atoms with E-state index in [1.54, 1.807) is 0 Å². The highest BCUT2D eigenvalue weighted by molar-refractivity contribution is 5.10. The van der Waals surface area contributed by atoms with Crippen molar-refractivity contribution in [2.75, 3.05) is 7.05 Å². The Balaban J connectivity index is 2.00. The van der Waals surface area contributed by atoms with Gasteiger partial charge in [-0.15, -0.1) is 0 Å². The second kappa shape index (κ2) is 5.81. The fraction of sp³-hybridized carbons (Fsp3) is 0.667. The minimum atomic E-state index is -0.184. The Morgan fingerprint density at radius 2 is 2.17 bits per heavy atom. The number of aliphatic hydroxyl groups is 1. The molecule has 1 saturated carbocycles.